The van der Waals surface area contributed by atoms with Crippen LogP contribution < -0.4 is 4.90 Å². The van der Waals surface area contributed by atoms with E-state index >= 15 is 0 Å². The van der Waals surface area contributed by atoms with E-state index < -0.39 is 6.17 Å². The number of halogens is 2. The normalized spacial score (nSPS) is 23.9. The topological polar surface area (TPSA) is 41.9 Å². The lowest BCUT2D eigenvalue weighted by molar-refractivity contribution is 0.0947. The fourth-order valence-electron chi connectivity index (χ4n) is 3.25. The second-order valence-corrected chi connectivity index (χ2v) is 6.93. The van der Waals surface area contributed by atoms with Gasteiger partial charge in [0.25, 0.3) is 0 Å². The lowest BCUT2D eigenvalue weighted by atomic mass is 9.64. The van der Waals surface area contributed by atoms with Crippen LogP contribution in [0.3, 0.4) is 0 Å². The van der Waals surface area contributed by atoms with Crippen LogP contribution in [0, 0.1) is 6.92 Å². The minimum absolute atomic E-state index is 0.254. The Morgan fingerprint density at radius 1 is 1.32 bits per heavy atom. The van der Waals surface area contributed by atoms with Gasteiger partial charge in [-0.1, -0.05) is 6.07 Å². The molecule has 22 heavy (non-hydrogen) atoms. The number of pyridine rings is 1. The molecule has 1 aliphatic rings. The number of hydrogen-bond donors (Lipinski definition) is 0. The third kappa shape index (κ3) is 2.84. The van der Waals surface area contributed by atoms with Crippen molar-refractivity contribution in [3.8, 4) is 0 Å². The lowest BCUT2D eigenvalue weighted by Crippen LogP contribution is -2.51. The van der Waals surface area contributed by atoms with E-state index in [4.69, 9.17) is 0 Å². The van der Waals surface area contributed by atoms with Gasteiger partial charge >= 0.3 is 0 Å². The molecular weight excluding hydrogens is 347 g/mol. The number of rotatable bonds is 4. The zero-order chi connectivity index (χ0) is 15.7. The van der Waals surface area contributed by atoms with Crippen LogP contribution in [-0.4, -0.2) is 34.7 Å². The SMILES string of the molecule is Cc1cccnc1C1(CN(C)c2ncc(Br)cn2)CC(F)C1. The quantitative estimate of drug-likeness (QED) is 0.832. The molecule has 0 radical (unpaired) electrons. The van der Waals surface area contributed by atoms with Crippen LogP contribution >= 0.6 is 15.9 Å². The van der Waals surface area contributed by atoms with Gasteiger partial charge in [-0.05, 0) is 47.3 Å². The van der Waals surface area contributed by atoms with Crippen molar-refractivity contribution >= 4 is 21.9 Å². The maximum absolute atomic E-state index is 13.7. The first-order chi connectivity index (χ1) is 10.5. The molecule has 0 aliphatic heterocycles. The molecule has 0 aromatic carbocycles. The van der Waals surface area contributed by atoms with E-state index in [0.29, 0.717) is 25.3 Å². The maximum atomic E-state index is 13.7. The van der Waals surface area contributed by atoms with Crippen molar-refractivity contribution in [1.29, 1.82) is 0 Å². The molecule has 0 saturated heterocycles. The van der Waals surface area contributed by atoms with Gasteiger partial charge in [-0.2, -0.15) is 0 Å². The standard InChI is InChI=1S/C16H18BrFN4/c1-11-4-3-5-19-14(11)16(6-13(18)7-16)10-22(2)15-20-8-12(17)9-21-15/h3-5,8-9,13H,6-7,10H2,1-2H3. The Hall–Kier alpha value is -1.56. The molecule has 0 N–H and O–H groups in total. The fraction of sp³-hybridized carbons (Fsp3) is 0.438. The molecule has 1 saturated carbocycles. The largest absolute Gasteiger partial charge is 0.343 e. The number of aromatic nitrogens is 3. The molecule has 1 aliphatic carbocycles. The summed E-state index contributed by atoms with van der Waals surface area (Å²) in [6.07, 6.45) is 5.48. The highest BCUT2D eigenvalue weighted by atomic mass is 79.9. The van der Waals surface area contributed by atoms with Gasteiger partial charge in [0.2, 0.25) is 5.95 Å². The van der Waals surface area contributed by atoms with E-state index in [-0.39, 0.29) is 5.41 Å². The lowest BCUT2D eigenvalue weighted by Gasteiger charge is -2.46. The Morgan fingerprint density at radius 2 is 2.00 bits per heavy atom. The summed E-state index contributed by atoms with van der Waals surface area (Å²) in [7, 11) is 1.94. The highest BCUT2D eigenvalue weighted by Gasteiger charge is 2.48. The summed E-state index contributed by atoms with van der Waals surface area (Å²) < 4.78 is 14.5. The molecule has 2 heterocycles. The van der Waals surface area contributed by atoms with Gasteiger partial charge < -0.3 is 4.90 Å². The van der Waals surface area contributed by atoms with Crippen LogP contribution in [-0.2, 0) is 5.41 Å². The van der Waals surface area contributed by atoms with Crippen LogP contribution in [0.25, 0.3) is 0 Å². The summed E-state index contributed by atoms with van der Waals surface area (Å²) in [5, 5.41) is 0. The average Bonchev–Trinajstić information content (AvgIpc) is 2.46. The minimum Gasteiger partial charge on any atom is -0.343 e. The Kier molecular flexibility index (Phi) is 4.12. The zero-order valence-corrected chi connectivity index (χ0v) is 14.2. The molecule has 116 valence electrons. The van der Waals surface area contributed by atoms with Gasteiger partial charge in [0.15, 0.2) is 0 Å². The Labute approximate surface area is 137 Å². The van der Waals surface area contributed by atoms with Crippen LogP contribution in [0.1, 0.15) is 24.1 Å². The molecule has 0 spiro atoms. The molecule has 2 aromatic rings. The molecule has 2 aromatic heterocycles. The van der Waals surface area contributed by atoms with Gasteiger partial charge in [0.1, 0.15) is 6.17 Å². The highest BCUT2D eigenvalue weighted by Crippen LogP contribution is 2.46. The minimum atomic E-state index is -0.749. The number of alkyl halides is 1. The van der Waals surface area contributed by atoms with Gasteiger partial charge in [-0.3, -0.25) is 4.98 Å². The van der Waals surface area contributed by atoms with Crippen molar-refractivity contribution in [3.05, 3.63) is 46.5 Å². The first-order valence-corrected chi connectivity index (χ1v) is 8.04. The van der Waals surface area contributed by atoms with Crippen molar-refractivity contribution in [2.45, 2.75) is 31.4 Å². The second kappa shape index (κ2) is 5.91. The second-order valence-electron chi connectivity index (χ2n) is 6.01. The van der Waals surface area contributed by atoms with Crippen molar-refractivity contribution in [2.24, 2.45) is 0 Å². The Bertz CT molecular complexity index is 655. The van der Waals surface area contributed by atoms with E-state index in [9.17, 15) is 4.39 Å². The summed E-state index contributed by atoms with van der Waals surface area (Å²) in [6, 6.07) is 3.95. The number of hydrogen-bond acceptors (Lipinski definition) is 4. The average molecular weight is 365 g/mol. The number of aryl methyl sites for hydroxylation is 1. The van der Waals surface area contributed by atoms with Crippen LogP contribution in [0.4, 0.5) is 10.3 Å². The summed E-state index contributed by atoms with van der Waals surface area (Å²) in [5.41, 5.74) is 1.85. The summed E-state index contributed by atoms with van der Waals surface area (Å²) in [4.78, 5) is 15.1. The predicted octanol–water partition coefficient (Wildman–Crippen LogP) is 3.45. The Balaban J connectivity index is 1.86. The number of nitrogens with zero attached hydrogens (tertiary/aromatic N) is 4. The maximum Gasteiger partial charge on any atom is 0.225 e. The van der Waals surface area contributed by atoms with E-state index in [1.807, 2.05) is 31.0 Å². The van der Waals surface area contributed by atoms with E-state index in [1.54, 1.807) is 18.6 Å². The van der Waals surface area contributed by atoms with Crippen LogP contribution in [0.15, 0.2) is 35.2 Å². The van der Waals surface area contributed by atoms with Gasteiger partial charge in [0.05, 0.1) is 10.2 Å². The first-order valence-electron chi connectivity index (χ1n) is 7.25. The third-order valence-electron chi connectivity index (χ3n) is 4.22. The van der Waals surface area contributed by atoms with Crippen molar-refractivity contribution in [3.63, 3.8) is 0 Å². The van der Waals surface area contributed by atoms with E-state index in [0.717, 1.165) is 15.7 Å². The summed E-state index contributed by atoms with van der Waals surface area (Å²) in [5.74, 6) is 0.637. The summed E-state index contributed by atoms with van der Waals surface area (Å²) >= 11 is 3.33. The zero-order valence-electron chi connectivity index (χ0n) is 12.6. The summed E-state index contributed by atoms with van der Waals surface area (Å²) in [6.45, 7) is 2.69. The predicted molar refractivity (Wildman–Crippen MR) is 87.8 cm³/mol. The van der Waals surface area contributed by atoms with Gasteiger partial charge in [0, 0.05) is 37.6 Å². The molecule has 0 amide bonds. The number of anilines is 1. The van der Waals surface area contributed by atoms with E-state index in [1.165, 1.54) is 0 Å². The molecular formula is C16H18BrFN4. The van der Waals surface area contributed by atoms with E-state index in [2.05, 4.69) is 30.9 Å². The molecule has 4 nitrogen and oxygen atoms in total. The Morgan fingerprint density at radius 3 is 2.59 bits per heavy atom. The smallest absolute Gasteiger partial charge is 0.225 e. The fourth-order valence-corrected chi connectivity index (χ4v) is 3.46. The molecule has 1 fully saturated rings. The molecule has 0 atom stereocenters. The monoisotopic (exact) mass is 364 g/mol. The molecule has 6 heteroatoms. The third-order valence-corrected chi connectivity index (χ3v) is 4.63. The molecule has 3 rings (SSSR count). The van der Waals surface area contributed by atoms with Crippen LogP contribution in [0.2, 0.25) is 0 Å². The van der Waals surface area contributed by atoms with Crippen molar-refractivity contribution < 1.29 is 4.39 Å². The van der Waals surface area contributed by atoms with Gasteiger partial charge in [-0.15, -0.1) is 0 Å². The van der Waals surface area contributed by atoms with Crippen molar-refractivity contribution in [2.75, 3.05) is 18.5 Å². The highest BCUT2D eigenvalue weighted by molar-refractivity contribution is 9.10. The molecule has 0 bridgehead atoms. The van der Waals surface area contributed by atoms with Crippen LogP contribution in [0.5, 0.6) is 0 Å². The number of likely N-dealkylation sites (N-methyl/N-ethyl adjacent to an activating group) is 1. The van der Waals surface area contributed by atoms with Crippen molar-refractivity contribution in [1.82, 2.24) is 15.0 Å². The van der Waals surface area contributed by atoms with Gasteiger partial charge in [-0.25, -0.2) is 14.4 Å². The first kappa shape index (κ1) is 15.3. The molecule has 0 unspecified atom stereocenters.